The fourth-order valence-corrected chi connectivity index (χ4v) is 2.55. The third kappa shape index (κ3) is 2.31. The Morgan fingerprint density at radius 3 is 2.40 bits per heavy atom. The van der Waals surface area contributed by atoms with Gasteiger partial charge in [0.25, 0.3) is 0 Å². The number of hydrogen-bond donors (Lipinski definition) is 0. The predicted octanol–water partition coefficient (Wildman–Crippen LogP) is 4.78. The van der Waals surface area contributed by atoms with Crippen LogP contribution in [0.15, 0.2) is 53.4 Å². The fraction of sp³-hybridized carbons (Fsp3) is 0.0714. The van der Waals surface area contributed by atoms with Crippen LogP contribution in [0.5, 0.6) is 0 Å². The molecule has 0 spiro atoms. The van der Waals surface area contributed by atoms with Crippen molar-refractivity contribution in [3.8, 4) is 11.1 Å². The minimum Gasteiger partial charge on any atom is -0.306 e. The van der Waals surface area contributed by atoms with Gasteiger partial charge in [0.05, 0.1) is 10.0 Å². The summed E-state index contributed by atoms with van der Waals surface area (Å²) in [5.74, 6) is 0. The lowest BCUT2D eigenvalue weighted by atomic mass is 10.1. The van der Waals surface area contributed by atoms with Crippen molar-refractivity contribution >= 4 is 21.6 Å². The third-order valence-electron chi connectivity index (χ3n) is 2.99. The van der Waals surface area contributed by atoms with Crippen molar-refractivity contribution in [3.63, 3.8) is 0 Å². The molecule has 6 heteroatoms. The smallest absolute Gasteiger partial charge is 0.306 e. The topological polar surface area (TPSA) is 17.3 Å². The van der Waals surface area contributed by atoms with E-state index >= 15 is 0 Å². The highest BCUT2D eigenvalue weighted by atomic mass is 79.9. The molecule has 0 aliphatic heterocycles. The second-order valence-electron chi connectivity index (χ2n) is 4.31. The van der Waals surface area contributed by atoms with Crippen molar-refractivity contribution < 1.29 is 13.2 Å². The van der Waals surface area contributed by atoms with Crippen molar-refractivity contribution in [2.75, 3.05) is 0 Å². The summed E-state index contributed by atoms with van der Waals surface area (Å²) in [6.07, 6.45) is 0.966. The molecule has 102 valence electrons. The second-order valence-corrected chi connectivity index (χ2v) is 5.16. The Morgan fingerprint density at radius 2 is 1.75 bits per heavy atom. The monoisotopic (exact) mass is 340 g/mol. The van der Waals surface area contributed by atoms with E-state index in [4.69, 9.17) is 0 Å². The molecule has 0 amide bonds. The number of pyridine rings is 1. The average molecular weight is 341 g/mol. The minimum atomic E-state index is -4.31. The number of hydrogen-bond acceptors (Lipinski definition) is 1. The molecule has 0 saturated heterocycles. The number of rotatable bonds is 1. The quantitative estimate of drug-likeness (QED) is 0.623. The van der Waals surface area contributed by atoms with Crippen LogP contribution in [0.2, 0.25) is 0 Å². The molecular formula is C14H8BrF3N2. The fourth-order valence-electron chi connectivity index (χ4n) is 2.00. The number of benzene rings is 1. The van der Waals surface area contributed by atoms with Crippen molar-refractivity contribution in [1.82, 2.24) is 9.38 Å². The Bertz CT molecular complexity index is 760. The van der Waals surface area contributed by atoms with Crippen LogP contribution < -0.4 is 0 Å². The number of alkyl halides is 3. The van der Waals surface area contributed by atoms with Gasteiger partial charge in [0, 0.05) is 18.6 Å². The second kappa shape index (κ2) is 4.63. The van der Waals surface area contributed by atoms with Crippen LogP contribution in [0.1, 0.15) is 5.56 Å². The van der Waals surface area contributed by atoms with Gasteiger partial charge in [-0.05, 0) is 45.3 Å². The van der Waals surface area contributed by atoms with Gasteiger partial charge >= 0.3 is 6.18 Å². The number of aromatic nitrogens is 2. The van der Waals surface area contributed by atoms with E-state index in [0.717, 1.165) is 27.8 Å². The van der Waals surface area contributed by atoms with Crippen LogP contribution in [-0.4, -0.2) is 9.38 Å². The first-order chi connectivity index (χ1) is 9.45. The summed E-state index contributed by atoms with van der Waals surface area (Å²) in [6, 6.07) is 6.94. The molecule has 2 heterocycles. The van der Waals surface area contributed by atoms with Crippen LogP contribution in [0.3, 0.4) is 0 Å². The maximum atomic E-state index is 12.5. The summed E-state index contributed by atoms with van der Waals surface area (Å²) < 4.78 is 40.2. The number of fused-ring (bicyclic) bond motifs is 1. The molecule has 3 rings (SSSR count). The average Bonchev–Trinajstić information content (AvgIpc) is 2.86. The maximum absolute atomic E-state index is 12.5. The van der Waals surface area contributed by atoms with Crippen molar-refractivity contribution in [1.29, 1.82) is 0 Å². The van der Waals surface area contributed by atoms with Crippen molar-refractivity contribution in [2.24, 2.45) is 0 Å². The normalized spacial score (nSPS) is 12.0. The molecular weight excluding hydrogens is 333 g/mol. The summed E-state index contributed by atoms with van der Waals surface area (Å²) in [5.41, 5.74) is 1.65. The molecule has 0 fully saturated rings. The van der Waals surface area contributed by atoms with E-state index in [1.807, 2.05) is 16.7 Å². The number of imidazole rings is 1. The SMILES string of the molecule is FC(F)(F)c1ccc(-c2cc(Br)c3nccn3c2)cc1. The predicted molar refractivity (Wildman–Crippen MR) is 73.3 cm³/mol. The van der Waals surface area contributed by atoms with E-state index in [9.17, 15) is 13.2 Å². The Kier molecular flexibility index (Phi) is 3.05. The van der Waals surface area contributed by atoms with Crippen molar-refractivity contribution in [2.45, 2.75) is 6.18 Å². The zero-order valence-corrected chi connectivity index (χ0v) is 11.6. The van der Waals surface area contributed by atoms with Gasteiger partial charge in [0.2, 0.25) is 0 Å². The zero-order chi connectivity index (χ0) is 14.3. The van der Waals surface area contributed by atoms with Crippen LogP contribution >= 0.6 is 15.9 Å². The van der Waals surface area contributed by atoms with Gasteiger partial charge in [-0.25, -0.2) is 4.98 Å². The molecule has 0 radical (unpaired) electrons. The van der Waals surface area contributed by atoms with E-state index in [0.29, 0.717) is 5.56 Å². The zero-order valence-electron chi connectivity index (χ0n) is 10.0. The van der Waals surface area contributed by atoms with Gasteiger partial charge < -0.3 is 4.40 Å². The van der Waals surface area contributed by atoms with Gasteiger partial charge in [0.15, 0.2) is 5.65 Å². The molecule has 0 N–H and O–H groups in total. The molecule has 2 nitrogen and oxygen atoms in total. The van der Waals surface area contributed by atoms with Gasteiger partial charge in [-0.15, -0.1) is 0 Å². The highest BCUT2D eigenvalue weighted by molar-refractivity contribution is 9.10. The number of nitrogens with zero attached hydrogens (tertiary/aromatic N) is 2. The molecule has 20 heavy (non-hydrogen) atoms. The van der Waals surface area contributed by atoms with Crippen LogP contribution in [0.25, 0.3) is 16.8 Å². The summed E-state index contributed by atoms with van der Waals surface area (Å²) >= 11 is 3.41. The van der Waals surface area contributed by atoms with E-state index in [2.05, 4.69) is 20.9 Å². The molecule has 0 atom stereocenters. The molecule has 0 aliphatic carbocycles. The highest BCUT2D eigenvalue weighted by Crippen LogP contribution is 2.32. The summed E-state index contributed by atoms with van der Waals surface area (Å²) in [5, 5.41) is 0. The molecule has 0 bridgehead atoms. The first kappa shape index (κ1) is 13.2. The summed E-state index contributed by atoms with van der Waals surface area (Å²) in [7, 11) is 0. The molecule has 1 aromatic carbocycles. The third-order valence-corrected chi connectivity index (χ3v) is 3.57. The minimum absolute atomic E-state index is 0.649. The first-order valence-corrected chi connectivity index (χ1v) is 6.54. The highest BCUT2D eigenvalue weighted by Gasteiger charge is 2.29. The van der Waals surface area contributed by atoms with Gasteiger partial charge in [-0.3, -0.25) is 0 Å². The largest absolute Gasteiger partial charge is 0.416 e. The summed E-state index contributed by atoms with van der Waals surface area (Å²) in [6.45, 7) is 0. The molecule has 0 unspecified atom stereocenters. The van der Waals surface area contributed by atoms with Gasteiger partial charge in [0.1, 0.15) is 0 Å². The lowest BCUT2D eigenvalue weighted by molar-refractivity contribution is -0.137. The van der Waals surface area contributed by atoms with Crippen LogP contribution in [0, 0.1) is 0 Å². The van der Waals surface area contributed by atoms with Crippen LogP contribution in [-0.2, 0) is 6.18 Å². The summed E-state index contributed by atoms with van der Waals surface area (Å²) in [4.78, 5) is 4.17. The molecule has 0 saturated carbocycles. The lowest BCUT2D eigenvalue weighted by Gasteiger charge is -2.08. The van der Waals surface area contributed by atoms with E-state index in [1.54, 1.807) is 12.4 Å². The van der Waals surface area contributed by atoms with E-state index in [-0.39, 0.29) is 0 Å². The molecule has 3 aromatic rings. The van der Waals surface area contributed by atoms with Crippen LogP contribution in [0.4, 0.5) is 13.2 Å². The first-order valence-electron chi connectivity index (χ1n) is 5.75. The van der Waals surface area contributed by atoms with Gasteiger partial charge in [-0.2, -0.15) is 13.2 Å². The van der Waals surface area contributed by atoms with Crippen molar-refractivity contribution in [3.05, 3.63) is 59.0 Å². The lowest BCUT2D eigenvalue weighted by Crippen LogP contribution is -2.04. The Labute approximate surface area is 121 Å². The standard InChI is InChI=1S/C14H8BrF3N2/c15-12-7-10(8-20-6-5-19-13(12)20)9-1-3-11(4-2-9)14(16,17)18/h1-8H. The number of halogens is 4. The Balaban J connectivity index is 2.06. The molecule has 0 aliphatic rings. The Morgan fingerprint density at radius 1 is 1.05 bits per heavy atom. The van der Waals surface area contributed by atoms with E-state index < -0.39 is 11.7 Å². The maximum Gasteiger partial charge on any atom is 0.416 e. The van der Waals surface area contributed by atoms with E-state index in [1.165, 1.54) is 12.1 Å². The van der Waals surface area contributed by atoms with Gasteiger partial charge in [-0.1, -0.05) is 12.1 Å². The molecule has 2 aromatic heterocycles. The Hall–Kier alpha value is -1.82.